The third-order valence-corrected chi connectivity index (χ3v) is 13.8. The molecule has 254 valence electrons. The largest absolute Gasteiger partial charge is 0.290 e. The summed E-state index contributed by atoms with van der Waals surface area (Å²) in [6.45, 7) is 0. The molecular weight excluding hydrogens is 707 g/mol. The predicted molar refractivity (Wildman–Crippen MR) is 238 cm³/mol. The Kier molecular flexibility index (Phi) is 5.93. The Labute approximate surface area is 322 Å². The summed E-state index contributed by atoms with van der Waals surface area (Å²) < 4.78 is 7.55. The standard InChI is InChI=1S/C50H27N3S2/c1-2-13-30-27-43-38(25-29(30)12-1)45-35-17-6-5-16-34(35)44-36-18-7-9-19-40(36)53(48(44)49(45)55-43)50-46(51-39-23-21-28-11-3-4-14-32(28)47(39)52-50)31-22-24-42-37(26-31)33-15-8-10-20-41(33)54-42/h1-27H. The molecule has 0 atom stereocenters. The number of nitrogens with zero attached hydrogens (tertiary/aromatic N) is 3. The van der Waals surface area contributed by atoms with E-state index in [2.05, 4.69) is 168 Å². The van der Waals surface area contributed by atoms with Crippen LogP contribution in [0.2, 0.25) is 0 Å². The second-order valence-corrected chi connectivity index (χ2v) is 16.6. The van der Waals surface area contributed by atoms with Gasteiger partial charge in [-0.15, -0.1) is 22.7 Å². The lowest BCUT2D eigenvalue weighted by Crippen LogP contribution is -2.04. The molecule has 0 aliphatic heterocycles. The highest BCUT2D eigenvalue weighted by Crippen LogP contribution is 2.49. The van der Waals surface area contributed by atoms with E-state index >= 15 is 0 Å². The molecule has 5 heteroatoms. The van der Waals surface area contributed by atoms with Crippen LogP contribution in [-0.4, -0.2) is 14.5 Å². The summed E-state index contributed by atoms with van der Waals surface area (Å²) in [5.74, 6) is 0.841. The van der Waals surface area contributed by atoms with Crippen molar-refractivity contribution in [3.63, 3.8) is 0 Å². The molecule has 13 rings (SSSR count). The SMILES string of the molecule is c1ccc2cc3c(cc2c1)sc1c3c2ccccc2c2c3ccccc3n(-c3nc4c(ccc5ccccc54)nc3-c3ccc4sc5ccccc5c4c3)c12. The minimum Gasteiger partial charge on any atom is -0.290 e. The fourth-order valence-electron chi connectivity index (χ4n) is 9.09. The molecule has 9 aromatic carbocycles. The van der Waals surface area contributed by atoms with Crippen molar-refractivity contribution in [3.05, 3.63) is 164 Å². The molecular formula is C50H27N3S2. The van der Waals surface area contributed by atoms with Crippen molar-refractivity contribution in [2.75, 3.05) is 0 Å². The molecule has 0 amide bonds. The Bertz CT molecular complexity index is 3790. The lowest BCUT2D eigenvalue weighted by molar-refractivity contribution is 1.09. The average Bonchev–Trinajstić information content (AvgIpc) is 3.92. The molecule has 0 aliphatic carbocycles. The van der Waals surface area contributed by atoms with Gasteiger partial charge in [-0.1, -0.05) is 121 Å². The highest BCUT2D eigenvalue weighted by Gasteiger charge is 2.25. The molecule has 0 fully saturated rings. The van der Waals surface area contributed by atoms with E-state index in [1.54, 1.807) is 0 Å². The maximum atomic E-state index is 5.75. The fraction of sp³-hybridized carbons (Fsp3) is 0. The van der Waals surface area contributed by atoms with Gasteiger partial charge in [0.15, 0.2) is 5.82 Å². The Morgan fingerprint density at radius 2 is 1.09 bits per heavy atom. The van der Waals surface area contributed by atoms with Crippen molar-refractivity contribution in [2.45, 2.75) is 0 Å². The molecule has 0 saturated carbocycles. The molecule has 3 nitrogen and oxygen atoms in total. The summed E-state index contributed by atoms with van der Waals surface area (Å²) in [5, 5.41) is 14.9. The topological polar surface area (TPSA) is 30.7 Å². The Balaban J connectivity index is 1.25. The van der Waals surface area contributed by atoms with Crippen molar-refractivity contribution >= 4 is 128 Å². The first-order valence-corrected chi connectivity index (χ1v) is 20.2. The Hall–Kier alpha value is -6.66. The zero-order valence-electron chi connectivity index (χ0n) is 29.2. The molecule has 0 unspecified atom stereocenters. The maximum Gasteiger partial charge on any atom is 0.165 e. The van der Waals surface area contributed by atoms with E-state index in [1.807, 2.05) is 22.7 Å². The lowest BCUT2D eigenvalue weighted by Gasteiger charge is -2.15. The number of rotatable bonds is 2. The summed E-state index contributed by atoms with van der Waals surface area (Å²) in [7, 11) is 0. The van der Waals surface area contributed by atoms with Crippen LogP contribution in [0.4, 0.5) is 0 Å². The molecule has 0 saturated heterocycles. The molecule has 4 aromatic heterocycles. The van der Waals surface area contributed by atoms with Crippen LogP contribution in [0.25, 0.3) is 123 Å². The van der Waals surface area contributed by atoms with Gasteiger partial charge < -0.3 is 0 Å². The quantitative estimate of drug-likeness (QED) is 0.166. The first-order chi connectivity index (χ1) is 27.3. The van der Waals surface area contributed by atoms with E-state index in [-0.39, 0.29) is 0 Å². The van der Waals surface area contributed by atoms with Gasteiger partial charge in [0, 0.05) is 57.4 Å². The number of hydrogen-bond acceptors (Lipinski definition) is 4. The van der Waals surface area contributed by atoms with Crippen molar-refractivity contribution < 1.29 is 0 Å². The van der Waals surface area contributed by atoms with Gasteiger partial charge in [-0.25, -0.2) is 9.97 Å². The van der Waals surface area contributed by atoms with Crippen molar-refractivity contribution in [1.29, 1.82) is 0 Å². The maximum absolute atomic E-state index is 5.75. The van der Waals surface area contributed by atoms with Gasteiger partial charge in [0.2, 0.25) is 0 Å². The van der Waals surface area contributed by atoms with E-state index in [4.69, 9.17) is 9.97 Å². The van der Waals surface area contributed by atoms with Gasteiger partial charge in [0.1, 0.15) is 5.69 Å². The summed E-state index contributed by atoms with van der Waals surface area (Å²) in [6.07, 6.45) is 0. The number of benzene rings is 9. The number of fused-ring (bicyclic) bond motifs is 17. The van der Waals surface area contributed by atoms with Gasteiger partial charge in [0.25, 0.3) is 0 Å². The predicted octanol–water partition coefficient (Wildman–Crippen LogP) is 14.6. The monoisotopic (exact) mass is 733 g/mol. The summed E-state index contributed by atoms with van der Waals surface area (Å²) in [6, 6.07) is 59.7. The third kappa shape index (κ3) is 4.09. The van der Waals surface area contributed by atoms with E-state index in [0.717, 1.165) is 44.4 Å². The second-order valence-electron chi connectivity index (χ2n) is 14.5. The molecule has 55 heavy (non-hydrogen) atoms. The molecule has 0 N–H and O–H groups in total. The molecule has 0 bridgehead atoms. The zero-order chi connectivity index (χ0) is 35.8. The molecule has 4 heterocycles. The van der Waals surface area contributed by atoms with Gasteiger partial charge in [-0.3, -0.25) is 4.57 Å². The van der Waals surface area contributed by atoms with Crippen LogP contribution in [0.15, 0.2) is 164 Å². The lowest BCUT2D eigenvalue weighted by atomic mass is 9.98. The van der Waals surface area contributed by atoms with Crippen molar-refractivity contribution in [2.24, 2.45) is 0 Å². The third-order valence-electron chi connectivity index (χ3n) is 11.5. The molecule has 0 aliphatic rings. The minimum absolute atomic E-state index is 0.841. The highest BCUT2D eigenvalue weighted by atomic mass is 32.1. The van der Waals surface area contributed by atoms with E-state index < -0.39 is 0 Å². The minimum atomic E-state index is 0.841. The first-order valence-electron chi connectivity index (χ1n) is 18.6. The highest BCUT2D eigenvalue weighted by molar-refractivity contribution is 7.27. The van der Waals surface area contributed by atoms with Gasteiger partial charge in [-0.2, -0.15) is 0 Å². The smallest absolute Gasteiger partial charge is 0.165 e. The first kappa shape index (κ1) is 29.8. The van der Waals surface area contributed by atoms with Gasteiger partial charge >= 0.3 is 0 Å². The average molecular weight is 734 g/mol. The van der Waals surface area contributed by atoms with E-state index in [1.165, 1.54) is 78.2 Å². The zero-order valence-corrected chi connectivity index (χ0v) is 30.9. The number of hydrogen-bond donors (Lipinski definition) is 0. The van der Waals surface area contributed by atoms with Gasteiger partial charge in [0.05, 0.1) is 26.8 Å². The van der Waals surface area contributed by atoms with Crippen LogP contribution in [0, 0.1) is 0 Å². The van der Waals surface area contributed by atoms with Crippen LogP contribution in [0.1, 0.15) is 0 Å². The van der Waals surface area contributed by atoms with Crippen molar-refractivity contribution in [1.82, 2.24) is 14.5 Å². The molecule has 13 aromatic rings. The summed E-state index contributed by atoms with van der Waals surface area (Å²) >= 11 is 3.73. The molecule has 0 radical (unpaired) electrons. The van der Waals surface area contributed by atoms with Gasteiger partial charge in [-0.05, 0) is 69.4 Å². The Morgan fingerprint density at radius 1 is 0.418 bits per heavy atom. The normalized spacial score (nSPS) is 12.4. The van der Waals surface area contributed by atoms with Crippen LogP contribution < -0.4 is 0 Å². The van der Waals surface area contributed by atoms with Crippen LogP contribution >= 0.6 is 22.7 Å². The van der Waals surface area contributed by atoms with Crippen LogP contribution in [-0.2, 0) is 0 Å². The summed E-state index contributed by atoms with van der Waals surface area (Å²) in [4.78, 5) is 11.3. The number of thiophene rings is 2. The fourth-order valence-corrected chi connectivity index (χ4v) is 11.5. The van der Waals surface area contributed by atoms with E-state index in [9.17, 15) is 0 Å². The Morgan fingerprint density at radius 3 is 1.95 bits per heavy atom. The van der Waals surface area contributed by atoms with Crippen LogP contribution in [0.3, 0.4) is 0 Å². The van der Waals surface area contributed by atoms with Crippen molar-refractivity contribution in [3.8, 4) is 17.1 Å². The van der Waals surface area contributed by atoms with E-state index in [0.29, 0.717) is 0 Å². The number of aromatic nitrogens is 3. The summed E-state index contributed by atoms with van der Waals surface area (Å²) in [5.41, 5.74) is 6.02. The van der Waals surface area contributed by atoms with Crippen LogP contribution in [0.5, 0.6) is 0 Å². The second kappa shape index (κ2) is 11.0. The number of para-hydroxylation sites is 1. The molecule has 0 spiro atoms.